The number of rotatable bonds is 43. The van der Waals surface area contributed by atoms with Gasteiger partial charge in [0.2, 0.25) is 0 Å². The first-order valence-corrected chi connectivity index (χ1v) is 18.3. The Morgan fingerprint density at radius 2 is 0.620 bits per heavy atom. The fourth-order valence-corrected chi connectivity index (χ4v) is 3.93. The Labute approximate surface area is 300 Å². The van der Waals surface area contributed by atoms with Gasteiger partial charge in [-0.1, -0.05) is 45.4 Å². The van der Waals surface area contributed by atoms with Crippen LogP contribution in [0, 0.1) is 0 Å². The van der Waals surface area contributed by atoms with E-state index < -0.39 is 5.97 Å². The Morgan fingerprint density at radius 1 is 0.340 bits per heavy atom. The first-order valence-electron chi connectivity index (χ1n) is 18.3. The van der Waals surface area contributed by atoms with E-state index in [0.717, 1.165) is 12.8 Å². The van der Waals surface area contributed by atoms with Gasteiger partial charge in [0.15, 0.2) is 0 Å². The molecular formula is C35H68O15. The molecule has 0 heterocycles. The topological polar surface area (TPSA) is 154 Å². The van der Waals surface area contributed by atoms with Gasteiger partial charge in [-0.05, 0) is 6.42 Å². The summed E-state index contributed by atoms with van der Waals surface area (Å²) >= 11 is 0. The summed E-state index contributed by atoms with van der Waals surface area (Å²) in [7, 11) is 1.31. The lowest BCUT2D eigenvalue weighted by atomic mass is 10.1. The van der Waals surface area contributed by atoms with Crippen LogP contribution in [0.3, 0.4) is 0 Å². The van der Waals surface area contributed by atoms with E-state index in [4.69, 9.17) is 56.8 Å². The van der Waals surface area contributed by atoms with Gasteiger partial charge in [0.25, 0.3) is 0 Å². The first kappa shape index (κ1) is 48.5. The third kappa shape index (κ3) is 42.7. The molecule has 0 spiro atoms. The summed E-state index contributed by atoms with van der Waals surface area (Å²) in [4.78, 5) is 22.6. The minimum absolute atomic E-state index is 0.0732. The van der Waals surface area contributed by atoms with E-state index in [9.17, 15) is 9.59 Å². The quantitative estimate of drug-likeness (QED) is 0.0667. The van der Waals surface area contributed by atoms with Crippen LogP contribution < -0.4 is 0 Å². The third-order valence-electron chi connectivity index (χ3n) is 6.64. The summed E-state index contributed by atoms with van der Waals surface area (Å²) in [6.45, 7) is 12.1. The van der Waals surface area contributed by atoms with Crippen LogP contribution in [0.2, 0.25) is 0 Å². The van der Waals surface area contributed by atoms with Crippen molar-refractivity contribution in [2.45, 2.75) is 58.3 Å². The van der Waals surface area contributed by atoms with Gasteiger partial charge in [0.1, 0.15) is 13.2 Å². The molecule has 0 unspecified atom stereocenters. The Bertz CT molecular complexity index is 686. The number of carbonyl (C=O) groups is 2. The van der Waals surface area contributed by atoms with Crippen molar-refractivity contribution >= 4 is 11.9 Å². The minimum Gasteiger partial charge on any atom is -0.467 e. The number of ether oxygens (including phenoxy) is 13. The summed E-state index contributed by atoms with van der Waals surface area (Å²) in [5.74, 6) is -0.555. The lowest BCUT2D eigenvalue weighted by Gasteiger charge is -2.09. The predicted octanol–water partition coefficient (Wildman–Crippen LogP) is 3.03. The van der Waals surface area contributed by atoms with E-state index in [1.807, 2.05) is 0 Å². The van der Waals surface area contributed by atoms with Gasteiger partial charge in [-0.2, -0.15) is 0 Å². The van der Waals surface area contributed by atoms with Crippen LogP contribution in [-0.2, 0) is 71.2 Å². The Kier molecular flexibility index (Phi) is 42.4. The van der Waals surface area contributed by atoms with Crippen molar-refractivity contribution < 1.29 is 71.2 Å². The number of hydrogen-bond donors (Lipinski definition) is 0. The molecule has 0 aromatic rings. The fraction of sp³-hybridized carbons (Fsp3) is 0.943. The zero-order valence-corrected chi connectivity index (χ0v) is 31.0. The summed E-state index contributed by atoms with van der Waals surface area (Å²) in [6.07, 6.45) is 8.77. The Balaban J connectivity index is 3.11. The van der Waals surface area contributed by atoms with Crippen molar-refractivity contribution in [1.29, 1.82) is 0 Å². The largest absolute Gasteiger partial charge is 0.467 e. The molecule has 0 bridgehead atoms. The molecule has 15 heteroatoms. The van der Waals surface area contributed by atoms with Crippen LogP contribution in [-0.4, -0.2) is 171 Å². The molecule has 0 aromatic heterocycles. The SMILES string of the molecule is CCCCCCCCCC(=O)OCCOCCOCCOCCOCCOCCOCCOCCOCCOCCOCCOCC(=O)OC. The highest BCUT2D eigenvalue weighted by molar-refractivity contribution is 5.70. The summed E-state index contributed by atoms with van der Waals surface area (Å²) in [5, 5.41) is 0. The van der Waals surface area contributed by atoms with E-state index in [1.54, 1.807) is 0 Å². The standard InChI is InChI=1S/C35H68O15/c1-3-4-5-6-7-8-9-10-34(36)50-32-31-48-28-27-46-24-23-44-20-19-42-16-15-40-12-11-39-13-14-41-17-18-43-21-22-45-25-26-47-29-30-49-33-35(37)38-2/h3-33H2,1-2H3. The summed E-state index contributed by atoms with van der Waals surface area (Å²) < 4.78 is 69.1. The molecular weight excluding hydrogens is 660 g/mol. The number of hydrogen-bond acceptors (Lipinski definition) is 15. The second-order valence-corrected chi connectivity index (χ2v) is 10.8. The molecule has 0 amide bonds. The normalized spacial score (nSPS) is 11.3. The van der Waals surface area contributed by atoms with E-state index in [1.165, 1.54) is 39.2 Å². The van der Waals surface area contributed by atoms with Crippen molar-refractivity contribution in [2.24, 2.45) is 0 Å². The average Bonchev–Trinajstić information content (AvgIpc) is 3.12. The van der Waals surface area contributed by atoms with Crippen molar-refractivity contribution in [3.05, 3.63) is 0 Å². The lowest BCUT2D eigenvalue weighted by Crippen LogP contribution is -2.16. The van der Waals surface area contributed by atoms with Crippen molar-refractivity contribution in [3.63, 3.8) is 0 Å². The molecule has 0 aliphatic heterocycles. The minimum atomic E-state index is -0.410. The van der Waals surface area contributed by atoms with E-state index in [-0.39, 0.29) is 19.2 Å². The molecule has 0 rings (SSSR count). The smallest absolute Gasteiger partial charge is 0.331 e. The predicted molar refractivity (Wildman–Crippen MR) is 185 cm³/mol. The molecule has 0 saturated carbocycles. The van der Waals surface area contributed by atoms with Crippen LogP contribution in [0.1, 0.15) is 58.3 Å². The molecule has 298 valence electrons. The third-order valence-corrected chi connectivity index (χ3v) is 6.64. The number of unbranched alkanes of at least 4 members (excludes halogenated alkanes) is 6. The Morgan fingerprint density at radius 3 is 0.940 bits per heavy atom. The van der Waals surface area contributed by atoms with Gasteiger partial charge in [-0.3, -0.25) is 4.79 Å². The van der Waals surface area contributed by atoms with Gasteiger partial charge in [0, 0.05) is 6.42 Å². The molecule has 0 atom stereocenters. The highest BCUT2D eigenvalue weighted by atomic mass is 16.6. The summed E-state index contributed by atoms with van der Waals surface area (Å²) in [5.41, 5.74) is 0. The van der Waals surface area contributed by atoms with E-state index in [0.29, 0.717) is 145 Å². The van der Waals surface area contributed by atoms with Crippen molar-refractivity contribution in [3.8, 4) is 0 Å². The molecule has 0 radical (unpaired) electrons. The molecule has 15 nitrogen and oxygen atoms in total. The van der Waals surface area contributed by atoms with Gasteiger partial charge in [-0.15, -0.1) is 0 Å². The average molecular weight is 729 g/mol. The second kappa shape index (κ2) is 43.7. The Hall–Kier alpha value is -1.50. The number of carbonyl (C=O) groups excluding carboxylic acids is 2. The molecule has 0 fully saturated rings. The van der Waals surface area contributed by atoms with E-state index in [2.05, 4.69) is 11.7 Å². The van der Waals surface area contributed by atoms with Crippen molar-refractivity contribution in [2.75, 3.05) is 159 Å². The highest BCUT2D eigenvalue weighted by Crippen LogP contribution is 2.08. The van der Waals surface area contributed by atoms with E-state index >= 15 is 0 Å². The molecule has 0 aromatic carbocycles. The summed E-state index contributed by atoms with van der Waals surface area (Å²) in [6, 6.07) is 0. The van der Waals surface area contributed by atoms with Gasteiger partial charge in [-0.25, -0.2) is 4.79 Å². The fourth-order valence-electron chi connectivity index (χ4n) is 3.93. The maximum Gasteiger partial charge on any atom is 0.331 e. The molecule has 50 heavy (non-hydrogen) atoms. The number of esters is 2. The lowest BCUT2D eigenvalue weighted by molar-refractivity contribution is -0.146. The molecule has 0 saturated heterocycles. The second-order valence-electron chi connectivity index (χ2n) is 10.8. The molecule has 0 N–H and O–H groups in total. The van der Waals surface area contributed by atoms with Crippen LogP contribution in [0.15, 0.2) is 0 Å². The first-order chi connectivity index (χ1) is 24.7. The number of methoxy groups -OCH3 is 1. The van der Waals surface area contributed by atoms with Crippen molar-refractivity contribution in [1.82, 2.24) is 0 Å². The maximum atomic E-state index is 11.7. The van der Waals surface area contributed by atoms with Gasteiger partial charge >= 0.3 is 11.9 Å². The van der Waals surface area contributed by atoms with Gasteiger partial charge in [0.05, 0.1) is 146 Å². The molecule has 0 aliphatic rings. The van der Waals surface area contributed by atoms with Crippen LogP contribution in [0.25, 0.3) is 0 Å². The monoisotopic (exact) mass is 728 g/mol. The zero-order valence-electron chi connectivity index (χ0n) is 31.0. The van der Waals surface area contributed by atoms with Crippen LogP contribution >= 0.6 is 0 Å². The molecule has 0 aliphatic carbocycles. The highest BCUT2D eigenvalue weighted by Gasteiger charge is 2.03. The van der Waals surface area contributed by atoms with Crippen LogP contribution in [0.5, 0.6) is 0 Å². The maximum absolute atomic E-state index is 11.7. The zero-order chi connectivity index (χ0) is 36.3. The van der Waals surface area contributed by atoms with Crippen LogP contribution in [0.4, 0.5) is 0 Å². The van der Waals surface area contributed by atoms with Gasteiger partial charge < -0.3 is 61.6 Å².